The lowest BCUT2D eigenvalue weighted by atomic mass is 10.0. The third-order valence-corrected chi connectivity index (χ3v) is 3.81. The summed E-state index contributed by atoms with van der Waals surface area (Å²) in [6, 6.07) is 6.96. The molecule has 2 heterocycles. The summed E-state index contributed by atoms with van der Waals surface area (Å²) >= 11 is 0. The number of nitrogens with two attached hydrogens (primary N) is 1. The Balaban J connectivity index is 1.72. The van der Waals surface area contributed by atoms with E-state index in [1.54, 1.807) is 13.0 Å². The zero-order valence-electron chi connectivity index (χ0n) is 12.5. The summed E-state index contributed by atoms with van der Waals surface area (Å²) in [7, 11) is 0. The van der Waals surface area contributed by atoms with Crippen molar-refractivity contribution in [2.75, 3.05) is 24.3 Å². The van der Waals surface area contributed by atoms with Crippen molar-refractivity contribution in [1.82, 2.24) is 9.97 Å². The minimum atomic E-state index is -0.196. The first-order valence-electron chi connectivity index (χ1n) is 7.33. The molecule has 22 heavy (non-hydrogen) atoms. The molecule has 1 aromatic heterocycles. The number of nitrogens with zero attached hydrogens (tertiary/aromatic N) is 2. The zero-order valence-corrected chi connectivity index (χ0v) is 12.5. The van der Waals surface area contributed by atoms with Gasteiger partial charge in [0.1, 0.15) is 11.6 Å². The second kappa shape index (κ2) is 6.27. The summed E-state index contributed by atoms with van der Waals surface area (Å²) in [6.07, 6.45) is 0.951. The average molecular weight is 302 g/mol. The number of aryl methyl sites for hydroxylation is 1. The van der Waals surface area contributed by atoms with Crippen LogP contribution in [-0.4, -0.2) is 23.2 Å². The Kier molecular flexibility index (Phi) is 4.20. The summed E-state index contributed by atoms with van der Waals surface area (Å²) in [5.41, 5.74) is 8.31. The van der Waals surface area contributed by atoms with Crippen LogP contribution in [0.5, 0.6) is 0 Å². The second-order valence-corrected chi connectivity index (χ2v) is 5.53. The van der Waals surface area contributed by atoms with E-state index < -0.39 is 0 Å². The van der Waals surface area contributed by atoms with E-state index >= 15 is 0 Å². The van der Waals surface area contributed by atoms with Gasteiger partial charge >= 0.3 is 0 Å². The number of hydrogen-bond acceptors (Lipinski definition) is 5. The first kappa shape index (κ1) is 14.7. The number of nitrogens with one attached hydrogen (secondary N) is 1. The Morgan fingerprint density at radius 2 is 2.23 bits per heavy atom. The minimum Gasteiger partial charge on any atom is -0.381 e. The van der Waals surface area contributed by atoms with Gasteiger partial charge in [0.05, 0.1) is 12.3 Å². The predicted octanol–water partition coefficient (Wildman–Crippen LogP) is 2.62. The maximum Gasteiger partial charge on any atom is 0.222 e. The Morgan fingerprint density at radius 3 is 2.95 bits per heavy atom. The van der Waals surface area contributed by atoms with E-state index in [0.29, 0.717) is 24.5 Å². The monoisotopic (exact) mass is 302 g/mol. The Labute approximate surface area is 128 Å². The van der Waals surface area contributed by atoms with Gasteiger partial charge in [-0.25, -0.2) is 9.37 Å². The molecule has 0 radical (unpaired) electrons. The number of nitrogen functional groups attached to an aromatic ring is 1. The fourth-order valence-electron chi connectivity index (χ4n) is 2.56. The lowest BCUT2D eigenvalue weighted by molar-refractivity contribution is 0.193. The quantitative estimate of drug-likeness (QED) is 0.908. The lowest BCUT2D eigenvalue weighted by Gasteiger charge is -2.11. The van der Waals surface area contributed by atoms with Crippen LogP contribution in [0.15, 0.2) is 24.3 Å². The van der Waals surface area contributed by atoms with Gasteiger partial charge in [-0.15, -0.1) is 0 Å². The highest BCUT2D eigenvalue weighted by Gasteiger charge is 2.20. The molecule has 6 heteroatoms. The lowest BCUT2D eigenvalue weighted by Crippen LogP contribution is -2.09. The molecular formula is C16H19FN4O. The third kappa shape index (κ3) is 3.33. The molecule has 1 atom stereocenters. The number of hydrogen-bond donors (Lipinski definition) is 2. The van der Waals surface area contributed by atoms with Crippen LogP contribution in [0.2, 0.25) is 0 Å². The number of aromatic nitrogens is 2. The van der Waals surface area contributed by atoms with Crippen LogP contribution in [0.25, 0.3) is 0 Å². The van der Waals surface area contributed by atoms with Crippen molar-refractivity contribution >= 4 is 11.8 Å². The SMILES string of the molecule is Cc1cc(CNc2cc([C@H]3CCOC3)nc(N)n2)ccc1F. The van der Waals surface area contributed by atoms with Crippen LogP contribution in [-0.2, 0) is 11.3 Å². The molecule has 0 amide bonds. The number of benzene rings is 1. The highest BCUT2D eigenvalue weighted by atomic mass is 19.1. The molecule has 1 aliphatic heterocycles. The molecule has 3 N–H and O–H groups in total. The van der Waals surface area contributed by atoms with E-state index in [1.807, 2.05) is 12.1 Å². The van der Waals surface area contributed by atoms with Gasteiger partial charge in [0.15, 0.2) is 0 Å². The predicted molar refractivity (Wildman–Crippen MR) is 83.1 cm³/mol. The van der Waals surface area contributed by atoms with Crippen LogP contribution in [0.1, 0.15) is 29.2 Å². The van der Waals surface area contributed by atoms with Crippen molar-refractivity contribution in [2.45, 2.75) is 25.8 Å². The van der Waals surface area contributed by atoms with Gasteiger partial charge in [0, 0.05) is 25.1 Å². The molecule has 2 aromatic rings. The molecule has 1 saturated heterocycles. The molecule has 0 unspecified atom stereocenters. The summed E-state index contributed by atoms with van der Waals surface area (Å²) < 4.78 is 18.7. The zero-order chi connectivity index (χ0) is 15.5. The molecule has 1 aliphatic rings. The molecule has 116 valence electrons. The summed E-state index contributed by atoms with van der Waals surface area (Å²) in [4.78, 5) is 8.49. The van der Waals surface area contributed by atoms with Crippen molar-refractivity contribution in [3.8, 4) is 0 Å². The van der Waals surface area contributed by atoms with E-state index in [0.717, 1.165) is 24.3 Å². The molecule has 3 rings (SSSR count). The van der Waals surface area contributed by atoms with E-state index in [2.05, 4.69) is 15.3 Å². The van der Waals surface area contributed by atoms with Crippen molar-refractivity contribution in [3.63, 3.8) is 0 Å². The van der Waals surface area contributed by atoms with Crippen LogP contribution in [0.3, 0.4) is 0 Å². The van der Waals surface area contributed by atoms with Gasteiger partial charge in [-0.3, -0.25) is 0 Å². The Bertz CT molecular complexity index is 671. The summed E-state index contributed by atoms with van der Waals surface area (Å²) in [6.45, 7) is 3.73. The van der Waals surface area contributed by atoms with Crippen LogP contribution in [0, 0.1) is 12.7 Å². The topological polar surface area (TPSA) is 73.1 Å². The summed E-state index contributed by atoms with van der Waals surface area (Å²) in [5.74, 6) is 1.01. The number of rotatable bonds is 4. The third-order valence-electron chi connectivity index (χ3n) is 3.81. The van der Waals surface area contributed by atoms with E-state index in [9.17, 15) is 4.39 Å². The van der Waals surface area contributed by atoms with Crippen molar-refractivity contribution in [1.29, 1.82) is 0 Å². The van der Waals surface area contributed by atoms with Gasteiger partial charge in [-0.05, 0) is 30.5 Å². The van der Waals surface area contributed by atoms with Crippen LogP contribution in [0.4, 0.5) is 16.2 Å². The normalized spacial score (nSPS) is 17.6. The molecule has 0 bridgehead atoms. The van der Waals surface area contributed by atoms with Crippen molar-refractivity contribution in [3.05, 3.63) is 46.9 Å². The molecule has 5 nitrogen and oxygen atoms in total. The molecule has 0 aliphatic carbocycles. The molecule has 1 aromatic carbocycles. The van der Waals surface area contributed by atoms with Gasteiger partial charge in [-0.1, -0.05) is 12.1 Å². The van der Waals surface area contributed by atoms with E-state index in [4.69, 9.17) is 10.5 Å². The second-order valence-electron chi connectivity index (χ2n) is 5.53. The van der Waals surface area contributed by atoms with Crippen molar-refractivity contribution in [2.24, 2.45) is 0 Å². The van der Waals surface area contributed by atoms with E-state index in [1.165, 1.54) is 6.07 Å². The fourth-order valence-corrected chi connectivity index (χ4v) is 2.56. The Morgan fingerprint density at radius 1 is 1.36 bits per heavy atom. The largest absolute Gasteiger partial charge is 0.381 e. The number of ether oxygens (including phenoxy) is 1. The summed E-state index contributed by atoms with van der Waals surface area (Å²) in [5, 5.41) is 3.22. The number of halogens is 1. The highest BCUT2D eigenvalue weighted by molar-refractivity contribution is 5.42. The van der Waals surface area contributed by atoms with Gasteiger partial charge < -0.3 is 15.8 Å². The maximum absolute atomic E-state index is 13.3. The standard InChI is InChI=1S/C16H19FN4O/c1-10-6-11(2-3-13(10)17)8-19-15-7-14(20-16(18)21-15)12-4-5-22-9-12/h2-3,6-7,12H,4-5,8-9H2,1H3,(H3,18,19,20,21)/t12-/m0/s1. The number of anilines is 2. The molecule has 1 fully saturated rings. The van der Waals surface area contributed by atoms with E-state index in [-0.39, 0.29) is 17.7 Å². The highest BCUT2D eigenvalue weighted by Crippen LogP contribution is 2.25. The fraction of sp³-hybridized carbons (Fsp3) is 0.375. The van der Waals surface area contributed by atoms with Gasteiger partial charge in [0.25, 0.3) is 0 Å². The minimum absolute atomic E-state index is 0.196. The molecule has 0 saturated carbocycles. The van der Waals surface area contributed by atoms with Crippen molar-refractivity contribution < 1.29 is 9.13 Å². The van der Waals surface area contributed by atoms with Gasteiger partial charge in [-0.2, -0.15) is 4.98 Å². The Hall–Kier alpha value is -2.21. The van der Waals surface area contributed by atoms with Gasteiger partial charge in [0.2, 0.25) is 5.95 Å². The molecule has 0 spiro atoms. The first-order valence-corrected chi connectivity index (χ1v) is 7.33. The smallest absolute Gasteiger partial charge is 0.222 e. The van der Waals surface area contributed by atoms with Crippen LogP contribution >= 0.6 is 0 Å². The van der Waals surface area contributed by atoms with Crippen LogP contribution < -0.4 is 11.1 Å². The first-order chi connectivity index (χ1) is 10.6. The maximum atomic E-state index is 13.3. The molecular weight excluding hydrogens is 283 g/mol. The average Bonchev–Trinajstić information content (AvgIpc) is 3.02.